The molecule has 21 heavy (non-hydrogen) atoms. The lowest BCUT2D eigenvalue weighted by Gasteiger charge is -2.09. The van der Waals surface area contributed by atoms with Crippen LogP contribution in [0.1, 0.15) is 19.4 Å². The van der Waals surface area contributed by atoms with Crippen LogP contribution in [0.15, 0.2) is 58.3 Å². The van der Waals surface area contributed by atoms with Gasteiger partial charge in [0.15, 0.2) is 5.75 Å². The van der Waals surface area contributed by atoms with E-state index in [-0.39, 0.29) is 15.9 Å². The van der Waals surface area contributed by atoms with Crippen molar-refractivity contribution in [2.75, 3.05) is 0 Å². The van der Waals surface area contributed by atoms with Crippen molar-refractivity contribution in [2.24, 2.45) is 0 Å². The zero-order chi connectivity index (χ0) is 15.5. The first kappa shape index (κ1) is 15.5. The Morgan fingerprint density at radius 3 is 1.81 bits per heavy atom. The molecule has 2 aromatic carbocycles. The molecule has 0 amide bonds. The highest BCUT2D eigenvalue weighted by Crippen LogP contribution is 2.23. The molecule has 0 fully saturated rings. The van der Waals surface area contributed by atoms with Gasteiger partial charge < -0.3 is 4.89 Å². The molecule has 0 heterocycles. The van der Waals surface area contributed by atoms with Crippen LogP contribution in [-0.4, -0.2) is 14.5 Å². The third kappa shape index (κ3) is 3.83. The summed E-state index contributed by atoms with van der Waals surface area (Å²) < 4.78 is 24.9. The van der Waals surface area contributed by atoms with E-state index in [1.807, 2.05) is 20.8 Å². The Hall–Kier alpha value is -1.85. The van der Waals surface area contributed by atoms with Crippen molar-refractivity contribution in [3.8, 4) is 5.75 Å². The topological polar surface area (TPSA) is 52.6 Å². The second-order valence-corrected chi connectivity index (χ2v) is 6.97. The number of benzene rings is 2. The zero-order valence-electron chi connectivity index (χ0n) is 12.2. The predicted molar refractivity (Wildman–Crippen MR) is 79.9 cm³/mol. The van der Waals surface area contributed by atoms with Gasteiger partial charge in [-0.3, -0.25) is 0 Å². The summed E-state index contributed by atoms with van der Waals surface area (Å²) in [5.41, 5.74) is 1.02. The third-order valence-electron chi connectivity index (χ3n) is 2.80. The molecule has 2 aromatic rings. The van der Waals surface area contributed by atoms with Crippen LogP contribution in [0, 0.1) is 6.92 Å². The van der Waals surface area contributed by atoms with Gasteiger partial charge in [0, 0.05) is 0 Å². The number of hydrogen-bond donors (Lipinski definition) is 0. The average molecular weight is 306 g/mol. The molecule has 0 bridgehead atoms. The summed E-state index contributed by atoms with van der Waals surface area (Å²) in [6.07, 6.45) is -0.0685. The number of hydrogen-bond acceptors (Lipinski definition) is 4. The Morgan fingerprint density at radius 2 is 1.33 bits per heavy atom. The van der Waals surface area contributed by atoms with Gasteiger partial charge in [-0.25, -0.2) is 8.42 Å². The van der Waals surface area contributed by atoms with Crippen LogP contribution in [-0.2, 0) is 14.7 Å². The summed E-state index contributed by atoms with van der Waals surface area (Å²) in [7, 11) is -3.50. The van der Waals surface area contributed by atoms with Gasteiger partial charge in [-0.15, -0.1) is 0 Å². The van der Waals surface area contributed by atoms with Crippen LogP contribution in [0.2, 0.25) is 0 Å². The van der Waals surface area contributed by atoms with Gasteiger partial charge >= 0.3 is 0 Å². The van der Waals surface area contributed by atoms with E-state index in [1.165, 1.54) is 12.1 Å². The van der Waals surface area contributed by atoms with Crippen molar-refractivity contribution in [3.63, 3.8) is 0 Å². The average Bonchev–Trinajstić information content (AvgIpc) is 2.46. The SMILES string of the molecule is Cc1ccc(S(=O)(=O)c2ccc(OOC(C)C)cc2)cc1. The maximum atomic E-state index is 12.5. The van der Waals surface area contributed by atoms with Crippen LogP contribution < -0.4 is 4.89 Å². The van der Waals surface area contributed by atoms with Gasteiger partial charge in [-0.05, 0) is 57.2 Å². The summed E-state index contributed by atoms with van der Waals surface area (Å²) in [5, 5.41) is 0. The molecule has 0 N–H and O–H groups in total. The fourth-order valence-corrected chi connectivity index (χ4v) is 2.94. The molecule has 0 saturated heterocycles. The monoisotopic (exact) mass is 306 g/mol. The minimum Gasteiger partial charge on any atom is -0.337 e. The molecule has 0 aliphatic heterocycles. The fourth-order valence-electron chi connectivity index (χ4n) is 1.68. The lowest BCUT2D eigenvalue weighted by atomic mass is 10.2. The highest BCUT2D eigenvalue weighted by atomic mass is 32.2. The molecule has 0 atom stereocenters. The van der Waals surface area contributed by atoms with E-state index >= 15 is 0 Å². The molecule has 0 saturated carbocycles. The third-order valence-corrected chi connectivity index (χ3v) is 4.59. The highest BCUT2D eigenvalue weighted by molar-refractivity contribution is 7.91. The Bertz CT molecular complexity index is 686. The van der Waals surface area contributed by atoms with Gasteiger partial charge in [0.2, 0.25) is 9.84 Å². The Balaban J connectivity index is 2.23. The smallest absolute Gasteiger partial charge is 0.206 e. The highest BCUT2D eigenvalue weighted by Gasteiger charge is 2.17. The first-order valence-corrected chi connectivity index (χ1v) is 8.13. The van der Waals surface area contributed by atoms with E-state index in [1.54, 1.807) is 36.4 Å². The summed E-state index contributed by atoms with van der Waals surface area (Å²) in [6, 6.07) is 12.9. The van der Waals surface area contributed by atoms with E-state index in [0.717, 1.165) is 5.56 Å². The molecule has 0 unspecified atom stereocenters. The Labute approximate surface area is 125 Å². The fraction of sp³-hybridized carbons (Fsp3) is 0.250. The normalized spacial score (nSPS) is 11.6. The van der Waals surface area contributed by atoms with Gasteiger partial charge in [-0.2, -0.15) is 4.89 Å². The molecular weight excluding hydrogens is 288 g/mol. The van der Waals surface area contributed by atoms with Crippen molar-refractivity contribution in [2.45, 2.75) is 36.7 Å². The molecule has 0 spiro atoms. The molecule has 0 aliphatic rings. The minimum absolute atomic E-state index is 0.0685. The van der Waals surface area contributed by atoms with Gasteiger partial charge in [-0.1, -0.05) is 17.7 Å². The van der Waals surface area contributed by atoms with Crippen LogP contribution in [0.5, 0.6) is 5.75 Å². The van der Waals surface area contributed by atoms with E-state index in [2.05, 4.69) is 0 Å². The van der Waals surface area contributed by atoms with Gasteiger partial charge in [0.05, 0.1) is 15.9 Å². The van der Waals surface area contributed by atoms with E-state index < -0.39 is 9.84 Å². The van der Waals surface area contributed by atoms with Crippen LogP contribution in [0.3, 0.4) is 0 Å². The van der Waals surface area contributed by atoms with Crippen molar-refractivity contribution in [3.05, 3.63) is 54.1 Å². The second-order valence-electron chi connectivity index (χ2n) is 5.02. The molecule has 4 nitrogen and oxygen atoms in total. The zero-order valence-corrected chi connectivity index (χ0v) is 13.1. The predicted octanol–water partition coefficient (Wildman–Crippen LogP) is 3.55. The van der Waals surface area contributed by atoms with Crippen molar-refractivity contribution < 1.29 is 18.2 Å². The van der Waals surface area contributed by atoms with E-state index in [9.17, 15) is 8.42 Å². The van der Waals surface area contributed by atoms with Gasteiger partial charge in [0.1, 0.15) is 0 Å². The van der Waals surface area contributed by atoms with Crippen molar-refractivity contribution in [1.82, 2.24) is 0 Å². The minimum atomic E-state index is -3.50. The summed E-state index contributed by atoms with van der Waals surface area (Å²) >= 11 is 0. The van der Waals surface area contributed by atoms with E-state index in [0.29, 0.717) is 5.75 Å². The van der Waals surface area contributed by atoms with Gasteiger partial charge in [0.25, 0.3) is 0 Å². The molecule has 5 heteroatoms. The first-order valence-electron chi connectivity index (χ1n) is 6.65. The summed E-state index contributed by atoms with van der Waals surface area (Å²) in [5.74, 6) is 0.464. The maximum Gasteiger partial charge on any atom is 0.206 e. The molecule has 112 valence electrons. The second kappa shape index (κ2) is 6.28. The summed E-state index contributed by atoms with van der Waals surface area (Å²) in [6.45, 7) is 5.60. The molecular formula is C16H18O4S. The molecule has 0 aromatic heterocycles. The van der Waals surface area contributed by atoms with Crippen LogP contribution >= 0.6 is 0 Å². The number of rotatable bonds is 5. The Kier molecular flexibility index (Phi) is 4.65. The first-order chi connectivity index (χ1) is 9.89. The van der Waals surface area contributed by atoms with Crippen molar-refractivity contribution in [1.29, 1.82) is 0 Å². The molecule has 0 radical (unpaired) electrons. The summed E-state index contributed by atoms with van der Waals surface area (Å²) in [4.78, 5) is 10.6. The lowest BCUT2D eigenvalue weighted by molar-refractivity contribution is -0.234. The largest absolute Gasteiger partial charge is 0.337 e. The van der Waals surface area contributed by atoms with Crippen LogP contribution in [0.4, 0.5) is 0 Å². The van der Waals surface area contributed by atoms with Crippen LogP contribution in [0.25, 0.3) is 0 Å². The Morgan fingerprint density at radius 1 is 0.857 bits per heavy atom. The molecule has 2 rings (SSSR count). The van der Waals surface area contributed by atoms with E-state index in [4.69, 9.17) is 9.78 Å². The maximum absolute atomic E-state index is 12.5. The quantitative estimate of drug-likeness (QED) is 0.626. The number of aryl methyl sites for hydroxylation is 1. The van der Waals surface area contributed by atoms with Crippen molar-refractivity contribution >= 4 is 9.84 Å². The number of sulfone groups is 1. The lowest BCUT2D eigenvalue weighted by Crippen LogP contribution is -2.06. The standard InChI is InChI=1S/C16H18O4S/c1-12(2)19-20-14-6-10-16(11-7-14)21(17,18)15-8-4-13(3)5-9-15/h4-12H,1-3H3. The molecule has 0 aliphatic carbocycles.